The Balaban J connectivity index is 1.75. The van der Waals surface area contributed by atoms with Gasteiger partial charge in [0.05, 0.1) is 18.1 Å². The highest BCUT2D eigenvalue weighted by molar-refractivity contribution is 5.98. The van der Waals surface area contributed by atoms with E-state index < -0.39 is 35.0 Å². The van der Waals surface area contributed by atoms with Gasteiger partial charge in [0, 0.05) is 19.6 Å². The maximum absolute atomic E-state index is 14.1. The molecule has 2 amide bonds. The molecule has 3 unspecified atom stereocenters. The number of esters is 1. The van der Waals surface area contributed by atoms with Gasteiger partial charge < -0.3 is 24.4 Å². The molecule has 1 aromatic carbocycles. The van der Waals surface area contributed by atoms with Gasteiger partial charge in [-0.25, -0.2) is 0 Å². The Morgan fingerprint density at radius 1 is 1.29 bits per heavy atom. The molecule has 3 saturated heterocycles. The van der Waals surface area contributed by atoms with Crippen LogP contribution in [0.5, 0.6) is 0 Å². The summed E-state index contributed by atoms with van der Waals surface area (Å²) in [4.78, 5) is 44.1. The number of fused-ring (bicyclic) bond motifs is 1. The third-order valence-electron chi connectivity index (χ3n) is 7.86. The summed E-state index contributed by atoms with van der Waals surface area (Å²) in [5.41, 5.74) is -1.17. The third kappa shape index (κ3) is 3.89. The zero-order valence-corrected chi connectivity index (χ0v) is 20.4. The molecule has 8 heteroatoms. The lowest BCUT2D eigenvalue weighted by Gasteiger charge is -2.37. The van der Waals surface area contributed by atoms with Crippen LogP contribution in [0.4, 0.5) is 0 Å². The van der Waals surface area contributed by atoms with Crippen molar-refractivity contribution in [3.8, 4) is 0 Å². The molecule has 188 valence electrons. The van der Waals surface area contributed by atoms with Gasteiger partial charge in [0.25, 0.3) is 0 Å². The first kappa shape index (κ1) is 25.1. The normalized spacial score (nSPS) is 32.9. The van der Waals surface area contributed by atoms with Crippen LogP contribution in [0, 0.1) is 17.8 Å². The number of nitrogens with zero attached hydrogens (tertiary/aromatic N) is 2. The van der Waals surface area contributed by atoms with E-state index in [9.17, 15) is 19.5 Å². The van der Waals surface area contributed by atoms with Crippen LogP contribution in [0.1, 0.15) is 25.8 Å². The average Bonchev–Trinajstić information content (AvgIpc) is 3.35. The molecule has 3 aliphatic rings. The zero-order chi connectivity index (χ0) is 25.4. The van der Waals surface area contributed by atoms with E-state index in [1.165, 1.54) is 11.0 Å². The van der Waals surface area contributed by atoms with Crippen molar-refractivity contribution in [1.82, 2.24) is 9.80 Å². The summed E-state index contributed by atoms with van der Waals surface area (Å²) >= 11 is 0. The highest BCUT2D eigenvalue weighted by atomic mass is 16.6. The number of β-amino-alcohol motifs (C(OH)–C–C–N with tert-alkyl or cyclic N) is 1. The van der Waals surface area contributed by atoms with E-state index >= 15 is 0 Å². The molecule has 1 aromatic rings. The number of carbonyl (C=O) groups excluding carboxylic acids is 3. The second-order valence-electron chi connectivity index (χ2n) is 9.87. The van der Waals surface area contributed by atoms with Crippen LogP contribution in [0.25, 0.3) is 0 Å². The van der Waals surface area contributed by atoms with Gasteiger partial charge >= 0.3 is 5.97 Å². The van der Waals surface area contributed by atoms with Gasteiger partial charge in [-0.2, -0.15) is 0 Å². The average molecular weight is 483 g/mol. The molecule has 0 aliphatic carbocycles. The molecule has 2 bridgehead atoms. The molecule has 3 aliphatic heterocycles. The van der Waals surface area contributed by atoms with Gasteiger partial charge in [-0.15, -0.1) is 6.58 Å². The number of benzene rings is 1. The number of hydrogen-bond donors (Lipinski definition) is 1. The van der Waals surface area contributed by atoms with Crippen molar-refractivity contribution < 1.29 is 29.0 Å². The van der Waals surface area contributed by atoms with E-state index in [-0.39, 0.29) is 44.0 Å². The standard InChI is InChI=1S/C27H34N2O6/c1-5-12-28(17-19-10-8-7-9-11-19)24(32)22-27-16-18(3)26(4,35-27)21(25(33)34-15-6-2)20(27)23(31)29(22)13-14-30/h5-11,18,20-22,30H,1-2,12-17H2,3-4H3/t18?,20-,21-,22?,26+,27?/m0/s1. The molecule has 6 atom stereocenters. The summed E-state index contributed by atoms with van der Waals surface area (Å²) in [5.74, 6) is -2.95. The summed E-state index contributed by atoms with van der Waals surface area (Å²) in [6.07, 6.45) is 3.58. The Labute approximate surface area is 206 Å². The lowest BCUT2D eigenvalue weighted by molar-refractivity contribution is -0.161. The summed E-state index contributed by atoms with van der Waals surface area (Å²) < 4.78 is 12.0. The van der Waals surface area contributed by atoms with E-state index in [1.54, 1.807) is 11.0 Å². The highest BCUT2D eigenvalue weighted by Crippen LogP contribution is 2.65. The van der Waals surface area contributed by atoms with E-state index in [0.29, 0.717) is 13.0 Å². The van der Waals surface area contributed by atoms with Crippen molar-refractivity contribution in [1.29, 1.82) is 0 Å². The molecule has 3 fully saturated rings. The topological polar surface area (TPSA) is 96.4 Å². The fourth-order valence-electron chi connectivity index (χ4n) is 6.32. The summed E-state index contributed by atoms with van der Waals surface area (Å²) in [7, 11) is 0. The van der Waals surface area contributed by atoms with Gasteiger partial charge in [-0.1, -0.05) is 56.0 Å². The highest BCUT2D eigenvalue weighted by Gasteiger charge is 2.80. The Bertz CT molecular complexity index is 1010. The SMILES string of the molecule is C=CCOC(=O)[C@@H]1[C@H]2C(=O)N(CCO)C(C(=O)N(CC=C)Cc3ccccc3)C23CC(C)[C@@]1(C)O3. The fraction of sp³-hybridized carbons (Fsp3) is 0.519. The van der Waals surface area contributed by atoms with Crippen molar-refractivity contribution in [2.45, 2.75) is 44.1 Å². The molecular weight excluding hydrogens is 448 g/mol. The number of rotatable bonds is 10. The predicted molar refractivity (Wildman–Crippen MR) is 129 cm³/mol. The van der Waals surface area contributed by atoms with Crippen LogP contribution in [0.15, 0.2) is 55.6 Å². The molecular formula is C27H34N2O6. The number of hydrogen-bond acceptors (Lipinski definition) is 6. The van der Waals surface area contributed by atoms with Crippen LogP contribution in [-0.4, -0.2) is 76.2 Å². The van der Waals surface area contributed by atoms with E-state index in [2.05, 4.69) is 13.2 Å². The molecule has 1 spiro atoms. The molecule has 35 heavy (non-hydrogen) atoms. The number of carbonyl (C=O) groups is 3. The molecule has 0 saturated carbocycles. The Morgan fingerprint density at radius 2 is 2.00 bits per heavy atom. The first-order chi connectivity index (χ1) is 16.7. The summed E-state index contributed by atoms with van der Waals surface area (Å²) in [6, 6.07) is 8.62. The molecule has 1 N–H and O–H groups in total. The first-order valence-corrected chi connectivity index (χ1v) is 12.1. The Morgan fingerprint density at radius 3 is 2.63 bits per heavy atom. The minimum atomic E-state index is -1.18. The van der Waals surface area contributed by atoms with Gasteiger partial charge in [0.2, 0.25) is 11.8 Å². The molecule has 3 heterocycles. The number of aliphatic hydroxyl groups excluding tert-OH is 1. The van der Waals surface area contributed by atoms with Gasteiger partial charge in [-0.05, 0) is 24.8 Å². The number of aliphatic hydroxyl groups is 1. The fourth-order valence-corrected chi connectivity index (χ4v) is 6.32. The second-order valence-corrected chi connectivity index (χ2v) is 9.87. The van der Waals surface area contributed by atoms with Gasteiger partial charge in [0.1, 0.15) is 24.2 Å². The largest absolute Gasteiger partial charge is 0.461 e. The lowest BCUT2D eigenvalue weighted by Crippen LogP contribution is -2.56. The number of ether oxygens (including phenoxy) is 2. The van der Waals surface area contributed by atoms with Crippen LogP contribution in [-0.2, 0) is 30.4 Å². The van der Waals surface area contributed by atoms with Crippen molar-refractivity contribution in [3.63, 3.8) is 0 Å². The molecule has 0 aromatic heterocycles. The minimum Gasteiger partial charge on any atom is -0.461 e. The maximum Gasteiger partial charge on any atom is 0.313 e. The van der Waals surface area contributed by atoms with Crippen LogP contribution >= 0.6 is 0 Å². The zero-order valence-electron chi connectivity index (χ0n) is 20.4. The third-order valence-corrected chi connectivity index (χ3v) is 7.86. The Hall–Kier alpha value is -2.97. The van der Waals surface area contributed by atoms with Crippen LogP contribution in [0.2, 0.25) is 0 Å². The molecule has 0 radical (unpaired) electrons. The quantitative estimate of drug-likeness (QED) is 0.404. The first-order valence-electron chi connectivity index (χ1n) is 12.1. The molecule has 8 nitrogen and oxygen atoms in total. The van der Waals surface area contributed by atoms with Crippen molar-refractivity contribution in [2.75, 3.05) is 26.3 Å². The van der Waals surface area contributed by atoms with E-state index in [0.717, 1.165) is 5.56 Å². The van der Waals surface area contributed by atoms with Gasteiger partial charge in [-0.3, -0.25) is 14.4 Å². The minimum absolute atomic E-state index is 0.0242. The summed E-state index contributed by atoms with van der Waals surface area (Å²) in [6.45, 7) is 11.5. The maximum atomic E-state index is 14.1. The monoisotopic (exact) mass is 482 g/mol. The van der Waals surface area contributed by atoms with Gasteiger partial charge in [0.15, 0.2) is 0 Å². The van der Waals surface area contributed by atoms with E-state index in [4.69, 9.17) is 9.47 Å². The smallest absolute Gasteiger partial charge is 0.313 e. The van der Waals surface area contributed by atoms with Crippen molar-refractivity contribution in [3.05, 3.63) is 61.2 Å². The second kappa shape index (κ2) is 9.59. The molecule has 4 rings (SSSR count). The van der Waals surface area contributed by atoms with E-state index in [1.807, 2.05) is 44.2 Å². The Kier molecular flexibility index (Phi) is 6.88. The predicted octanol–water partition coefficient (Wildman–Crippen LogP) is 1.93. The number of amides is 2. The lowest BCUT2D eigenvalue weighted by atomic mass is 9.62. The van der Waals surface area contributed by atoms with Crippen molar-refractivity contribution >= 4 is 17.8 Å². The number of likely N-dealkylation sites (tertiary alicyclic amines) is 1. The van der Waals surface area contributed by atoms with Crippen LogP contribution < -0.4 is 0 Å². The summed E-state index contributed by atoms with van der Waals surface area (Å²) in [5, 5.41) is 9.77. The van der Waals surface area contributed by atoms with Crippen molar-refractivity contribution in [2.24, 2.45) is 17.8 Å². The van der Waals surface area contributed by atoms with Crippen LogP contribution in [0.3, 0.4) is 0 Å².